The summed E-state index contributed by atoms with van der Waals surface area (Å²) >= 11 is 0. The van der Waals surface area contributed by atoms with Gasteiger partial charge >= 0.3 is 0 Å². The molecule has 0 saturated heterocycles. The smallest absolute Gasteiger partial charge is 0.172 e. The van der Waals surface area contributed by atoms with Gasteiger partial charge in [-0.3, -0.25) is 0 Å². The summed E-state index contributed by atoms with van der Waals surface area (Å²) in [5.74, 6) is 1.31. The molecule has 26 heavy (non-hydrogen) atoms. The summed E-state index contributed by atoms with van der Waals surface area (Å²) in [6, 6.07) is 10.6. The van der Waals surface area contributed by atoms with Crippen LogP contribution >= 0.6 is 21.6 Å². The Morgan fingerprint density at radius 3 is 1.96 bits per heavy atom. The van der Waals surface area contributed by atoms with Crippen molar-refractivity contribution < 1.29 is 19.7 Å². The molecule has 2 aromatic rings. The predicted molar refractivity (Wildman–Crippen MR) is 109 cm³/mol. The molecule has 4 nitrogen and oxygen atoms in total. The lowest BCUT2D eigenvalue weighted by atomic mass is 10.2. The molecule has 2 rings (SSSR count). The lowest BCUT2D eigenvalue weighted by Gasteiger charge is -2.22. The Labute approximate surface area is 163 Å². The Balaban J connectivity index is 2.11. The van der Waals surface area contributed by atoms with Gasteiger partial charge in [-0.1, -0.05) is 6.07 Å². The molecule has 0 aromatic heterocycles. The molecule has 2 aromatic carbocycles. The largest absolute Gasteiger partial charge is 0.507 e. The zero-order chi connectivity index (χ0) is 19.5. The van der Waals surface area contributed by atoms with Crippen LogP contribution in [0.25, 0.3) is 0 Å². The average Bonchev–Trinajstić information content (AvgIpc) is 2.46. The molecule has 0 amide bonds. The van der Waals surface area contributed by atoms with Crippen molar-refractivity contribution in [1.82, 2.24) is 0 Å². The van der Waals surface area contributed by atoms with Gasteiger partial charge in [0.15, 0.2) is 11.5 Å². The van der Waals surface area contributed by atoms with Crippen molar-refractivity contribution in [3.05, 3.63) is 36.4 Å². The molecule has 6 heteroatoms. The fraction of sp³-hybridized carbons (Fsp3) is 0.400. The van der Waals surface area contributed by atoms with E-state index in [1.807, 2.05) is 59.7 Å². The van der Waals surface area contributed by atoms with Gasteiger partial charge in [-0.05, 0) is 87.4 Å². The fourth-order valence-electron chi connectivity index (χ4n) is 2.06. The summed E-state index contributed by atoms with van der Waals surface area (Å²) in [6.45, 7) is 11.7. The van der Waals surface area contributed by atoms with Crippen LogP contribution in [-0.4, -0.2) is 21.4 Å². The number of benzene rings is 2. The van der Waals surface area contributed by atoms with E-state index in [1.165, 1.54) is 21.6 Å². The zero-order valence-electron chi connectivity index (χ0n) is 16.0. The van der Waals surface area contributed by atoms with E-state index in [9.17, 15) is 10.2 Å². The van der Waals surface area contributed by atoms with E-state index in [-0.39, 0.29) is 17.1 Å². The number of ether oxygens (including phenoxy) is 2. The quantitative estimate of drug-likeness (QED) is 0.584. The van der Waals surface area contributed by atoms with Crippen LogP contribution in [-0.2, 0) is 0 Å². The van der Waals surface area contributed by atoms with Crippen molar-refractivity contribution in [2.24, 2.45) is 0 Å². The third kappa shape index (κ3) is 6.25. The predicted octanol–water partition coefficient (Wildman–Crippen LogP) is 6.25. The second-order valence-electron chi connectivity index (χ2n) is 7.83. The van der Waals surface area contributed by atoms with Gasteiger partial charge in [0, 0.05) is 6.07 Å². The minimum absolute atomic E-state index is 0.104. The standard InChI is InChI=1S/C20H26O4S2/c1-19(2,3)23-13-10-11-16(14(21)12-13)25-26-17-9-7-8-15(18(17)22)24-20(4,5)6/h7-12,21-22H,1-6H3. The van der Waals surface area contributed by atoms with E-state index in [0.717, 1.165) is 0 Å². The SMILES string of the molecule is CC(C)(C)Oc1ccc(SSc2cccc(OC(C)(C)C)c2O)c(O)c1. The molecule has 0 spiro atoms. The van der Waals surface area contributed by atoms with Crippen molar-refractivity contribution in [2.45, 2.75) is 62.5 Å². The first-order chi connectivity index (χ1) is 11.9. The van der Waals surface area contributed by atoms with Gasteiger partial charge in [0.2, 0.25) is 0 Å². The number of phenolic OH excluding ortho intramolecular Hbond substituents is 2. The van der Waals surface area contributed by atoms with E-state index >= 15 is 0 Å². The molecule has 0 aliphatic heterocycles. The van der Waals surface area contributed by atoms with Gasteiger partial charge in [-0.25, -0.2) is 0 Å². The van der Waals surface area contributed by atoms with Gasteiger partial charge in [-0.15, -0.1) is 0 Å². The van der Waals surface area contributed by atoms with Gasteiger partial charge in [0.05, 0.1) is 9.79 Å². The van der Waals surface area contributed by atoms with Gasteiger partial charge in [-0.2, -0.15) is 0 Å². The molecular formula is C20H26O4S2. The molecule has 2 N–H and O–H groups in total. The molecule has 0 aliphatic rings. The van der Waals surface area contributed by atoms with Crippen molar-refractivity contribution in [3.63, 3.8) is 0 Å². The lowest BCUT2D eigenvalue weighted by Crippen LogP contribution is -2.22. The highest BCUT2D eigenvalue weighted by Crippen LogP contribution is 2.47. The summed E-state index contributed by atoms with van der Waals surface area (Å²) in [4.78, 5) is 1.36. The maximum Gasteiger partial charge on any atom is 0.172 e. The Kier molecular flexibility index (Phi) is 6.29. The zero-order valence-corrected chi connectivity index (χ0v) is 17.6. The van der Waals surface area contributed by atoms with Crippen molar-refractivity contribution in [1.29, 1.82) is 0 Å². The van der Waals surface area contributed by atoms with Crippen molar-refractivity contribution >= 4 is 21.6 Å². The van der Waals surface area contributed by atoms with E-state index in [1.54, 1.807) is 18.2 Å². The topological polar surface area (TPSA) is 58.9 Å². The van der Waals surface area contributed by atoms with Crippen molar-refractivity contribution in [3.8, 4) is 23.0 Å². The minimum atomic E-state index is -0.394. The first-order valence-electron chi connectivity index (χ1n) is 8.32. The molecular weight excluding hydrogens is 368 g/mol. The Hall–Kier alpha value is -1.66. The van der Waals surface area contributed by atoms with Crippen LogP contribution in [0, 0.1) is 0 Å². The highest BCUT2D eigenvalue weighted by molar-refractivity contribution is 8.76. The van der Waals surface area contributed by atoms with Crippen molar-refractivity contribution in [2.75, 3.05) is 0 Å². The number of phenols is 2. The maximum atomic E-state index is 10.4. The number of para-hydroxylation sites is 1. The molecule has 0 radical (unpaired) electrons. The first kappa shape index (κ1) is 20.6. The van der Waals surface area contributed by atoms with E-state index in [0.29, 0.717) is 21.3 Å². The van der Waals surface area contributed by atoms with E-state index in [2.05, 4.69) is 0 Å². The first-order valence-corrected chi connectivity index (χ1v) is 10.5. The molecule has 0 heterocycles. The van der Waals surface area contributed by atoms with Gasteiger partial charge in [0.1, 0.15) is 22.7 Å². The van der Waals surface area contributed by atoms with Crippen LogP contribution < -0.4 is 9.47 Å². The highest BCUT2D eigenvalue weighted by Gasteiger charge is 2.18. The highest BCUT2D eigenvalue weighted by atomic mass is 33.1. The molecule has 0 unspecified atom stereocenters. The summed E-state index contributed by atoms with van der Waals surface area (Å²) in [5.41, 5.74) is -0.718. The van der Waals surface area contributed by atoms with Crippen LogP contribution in [0.15, 0.2) is 46.2 Å². The molecule has 0 fully saturated rings. The molecule has 142 valence electrons. The third-order valence-corrected chi connectivity index (χ3v) is 5.40. The lowest BCUT2D eigenvalue weighted by molar-refractivity contribution is 0.125. The maximum absolute atomic E-state index is 10.4. The molecule has 0 saturated carbocycles. The summed E-state index contributed by atoms with van der Waals surface area (Å²) in [7, 11) is 2.72. The van der Waals surface area contributed by atoms with Crippen LogP contribution in [0.3, 0.4) is 0 Å². The van der Waals surface area contributed by atoms with E-state index < -0.39 is 5.60 Å². The van der Waals surface area contributed by atoms with Crippen LogP contribution in [0.4, 0.5) is 0 Å². The Morgan fingerprint density at radius 2 is 1.38 bits per heavy atom. The monoisotopic (exact) mass is 394 g/mol. The average molecular weight is 395 g/mol. The summed E-state index contributed by atoms with van der Waals surface area (Å²) in [5, 5.41) is 20.7. The summed E-state index contributed by atoms with van der Waals surface area (Å²) < 4.78 is 11.5. The minimum Gasteiger partial charge on any atom is -0.507 e. The summed E-state index contributed by atoms with van der Waals surface area (Å²) in [6.07, 6.45) is 0. The van der Waals surface area contributed by atoms with E-state index in [4.69, 9.17) is 9.47 Å². The Bertz CT molecular complexity index is 761. The Morgan fingerprint density at radius 1 is 0.769 bits per heavy atom. The second-order valence-corrected chi connectivity index (χ2v) is 10.0. The number of rotatable bonds is 5. The number of aromatic hydroxyl groups is 2. The van der Waals surface area contributed by atoms with Gasteiger partial charge < -0.3 is 19.7 Å². The molecule has 0 bridgehead atoms. The second kappa shape index (κ2) is 7.92. The van der Waals surface area contributed by atoms with Crippen LogP contribution in [0.1, 0.15) is 41.5 Å². The van der Waals surface area contributed by atoms with Crippen LogP contribution in [0.2, 0.25) is 0 Å². The fourth-order valence-corrected chi connectivity index (χ4v) is 4.18. The number of hydrogen-bond acceptors (Lipinski definition) is 6. The molecule has 0 aliphatic carbocycles. The van der Waals surface area contributed by atoms with Gasteiger partial charge in [0.25, 0.3) is 0 Å². The van der Waals surface area contributed by atoms with Crippen LogP contribution in [0.5, 0.6) is 23.0 Å². The third-order valence-electron chi connectivity index (χ3n) is 2.95. The molecule has 0 atom stereocenters. The normalized spacial score (nSPS) is 12.1. The number of hydrogen-bond donors (Lipinski definition) is 2.